The normalized spacial score (nSPS) is 14.7. The molecule has 0 atom stereocenters. The molecule has 0 radical (unpaired) electrons. The van der Waals surface area contributed by atoms with Crippen LogP contribution < -0.4 is 4.90 Å². The summed E-state index contributed by atoms with van der Waals surface area (Å²) in [5.74, 6) is 2.09. The lowest BCUT2D eigenvalue weighted by atomic mass is 10.1. The second-order valence-corrected chi connectivity index (χ2v) is 6.73. The summed E-state index contributed by atoms with van der Waals surface area (Å²) >= 11 is 0. The Balaban J connectivity index is 1.68. The zero-order chi connectivity index (χ0) is 17.4. The molecule has 0 aliphatic carbocycles. The fourth-order valence-electron chi connectivity index (χ4n) is 3.68. The number of imidazole rings is 1. The van der Waals surface area contributed by atoms with E-state index in [1.165, 1.54) is 16.8 Å². The number of hydrogen-bond acceptors (Lipinski definition) is 5. The Morgan fingerprint density at radius 1 is 1.20 bits per heavy atom. The van der Waals surface area contributed by atoms with Gasteiger partial charge in [-0.15, -0.1) is 0 Å². The van der Waals surface area contributed by atoms with Gasteiger partial charge in [0.15, 0.2) is 0 Å². The summed E-state index contributed by atoms with van der Waals surface area (Å²) in [7, 11) is 4.24. The van der Waals surface area contributed by atoms with E-state index in [0.717, 1.165) is 49.8 Å². The van der Waals surface area contributed by atoms with Crippen LogP contribution in [0.2, 0.25) is 0 Å². The molecule has 0 N–H and O–H groups in total. The minimum absolute atomic E-state index is 0.732. The zero-order valence-electron chi connectivity index (χ0n) is 15.1. The summed E-state index contributed by atoms with van der Waals surface area (Å²) in [5.41, 5.74) is 4.67. The van der Waals surface area contributed by atoms with E-state index in [0.29, 0.717) is 0 Å². The lowest BCUT2D eigenvalue weighted by molar-refractivity contribution is 0.309. The third-order valence-corrected chi connectivity index (χ3v) is 4.96. The van der Waals surface area contributed by atoms with Crippen LogP contribution in [0.4, 0.5) is 5.82 Å². The van der Waals surface area contributed by atoms with Crippen LogP contribution in [0.1, 0.15) is 24.0 Å². The lowest BCUT2D eigenvalue weighted by Gasteiger charge is -2.28. The molecule has 0 bridgehead atoms. The van der Waals surface area contributed by atoms with Crippen molar-refractivity contribution >= 4 is 16.9 Å². The first-order valence-electron chi connectivity index (χ1n) is 8.84. The number of anilines is 1. The quantitative estimate of drug-likeness (QED) is 0.732. The Kier molecular flexibility index (Phi) is 4.13. The van der Waals surface area contributed by atoms with Gasteiger partial charge >= 0.3 is 0 Å². The van der Waals surface area contributed by atoms with Crippen LogP contribution in [0, 0.1) is 0 Å². The standard InChI is InChI=1S/C19H24N6/c1-4-25-17-8-6-5-7-16(17)22-18(25)12-24(3)19-14-11-23(2)10-9-15(14)20-13-21-19/h5-8,13H,4,9-12H2,1-3H3. The van der Waals surface area contributed by atoms with Gasteiger partial charge in [-0.1, -0.05) is 12.1 Å². The Morgan fingerprint density at radius 3 is 2.88 bits per heavy atom. The number of para-hydroxylation sites is 2. The summed E-state index contributed by atoms with van der Waals surface area (Å²) in [5, 5.41) is 0. The third kappa shape index (κ3) is 2.87. The van der Waals surface area contributed by atoms with E-state index >= 15 is 0 Å². The van der Waals surface area contributed by atoms with Gasteiger partial charge in [-0.05, 0) is 26.1 Å². The van der Waals surface area contributed by atoms with Crippen molar-refractivity contribution in [3.05, 3.63) is 47.7 Å². The molecule has 4 rings (SSSR count). The summed E-state index contributed by atoms with van der Waals surface area (Å²) in [4.78, 5) is 18.4. The summed E-state index contributed by atoms with van der Waals surface area (Å²) in [6.07, 6.45) is 2.68. The van der Waals surface area contributed by atoms with Crippen molar-refractivity contribution in [2.45, 2.75) is 33.0 Å². The summed E-state index contributed by atoms with van der Waals surface area (Å²) in [6, 6.07) is 8.32. The van der Waals surface area contributed by atoms with Gasteiger partial charge in [0.25, 0.3) is 0 Å². The van der Waals surface area contributed by atoms with E-state index < -0.39 is 0 Å². The van der Waals surface area contributed by atoms with E-state index in [2.05, 4.69) is 63.6 Å². The summed E-state index contributed by atoms with van der Waals surface area (Å²) in [6.45, 7) is 5.77. The number of hydrogen-bond donors (Lipinski definition) is 0. The van der Waals surface area contributed by atoms with Crippen LogP contribution in [-0.4, -0.2) is 45.1 Å². The number of rotatable bonds is 4. The van der Waals surface area contributed by atoms with Gasteiger partial charge in [0.1, 0.15) is 18.0 Å². The van der Waals surface area contributed by atoms with Gasteiger partial charge in [0.2, 0.25) is 0 Å². The number of likely N-dealkylation sites (N-methyl/N-ethyl adjacent to an activating group) is 1. The van der Waals surface area contributed by atoms with E-state index in [4.69, 9.17) is 4.98 Å². The van der Waals surface area contributed by atoms with Gasteiger partial charge in [-0.2, -0.15) is 0 Å². The van der Waals surface area contributed by atoms with Gasteiger partial charge in [0.05, 0.1) is 23.3 Å². The molecule has 0 fully saturated rings. The molecule has 3 aromatic rings. The minimum Gasteiger partial charge on any atom is -0.352 e. The van der Waals surface area contributed by atoms with E-state index in [1.807, 2.05) is 6.07 Å². The highest BCUT2D eigenvalue weighted by atomic mass is 15.2. The molecule has 25 heavy (non-hydrogen) atoms. The highest BCUT2D eigenvalue weighted by Gasteiger charge is 2.21. The second-order valence-electron chi connectivity index (χ2n) is 6.73. The number of aromatic nitrogens is 4. The Morgan fingerprint density at radius 2 is 2.04 bits per heavy atom. The smallest absolute Gasteiger partial charge is 0.136 e. The first-order chi connectivity index (χ1) is 12.2. The molecular weight excluding hydrogens is 312 g/mol. The first-order valence-corrected chi connectivity index (χ1v) is 8.84. The van der Waals surface area contributed by atoms with E-state index in [9.17, 15) is 0 Å². The molecule has 0 spiro atoms. The molecular formula is C19H24N6. The maximum atomic E-state index is 4.84. The monoisotopic (exact) mass is 336 g/mol. The predicted molar refractivity (Wildman–Crippen MR) is 99.6 cm³/mol. The highest BCUT2D eigenvalue weighted by molar-refractivity contribution is 5.76. The lowest BCUT2D eigenvalue weighted by Crippen LogP contribution is -2.31. The second kappa shape index (κ2) is 6.44. The number of aryl methyl sites for hydroxylation is 1. The van der Waals surface area contributed by atoms with E-state index in [1.54, 1.807) is 6.33 Å². The Labute approximate surface area is 148 Å². The first kappa shape index (κ1) is 16.0. The zero-order valence-corrected chi connectivity index (χ0v) is 15.1. The molecule has 0 saturated heterocycles. The topological polar surface area (TPSA) is 50.1 Å². The molecule has 0 amide bonds. The molecule has 1 aliphatic heterocycles. The number of nitrogens with zero attached hydrogens (tertiary/aromatic N) is 6. The van der Waals surface area contributed by atoms with Crippen molar-refractivity contribution < 1.29 is 0 Å². The van der Waals surface area contributed by atoms with Crippen molar-refractivity contribution in [2.24, 2.45) is 0 Å². The molecule has 3 heterocycles. The van der Waals surface area contributed by atoms with Gasteiger partial charge < -0.3 is 14.4 Å². The fourth-order valence-corrected chi connectivity index (χ4v) is 3.68. The van der Waals surface area contributed by atoms with Crippen LogP contribution in [0.5, 0.6) is 0 Å². The van der Waals surface area contributed by atoms with E-state index in [-0.39, 0.29) is 0 Å². The van der Waals surface area contributed by atoms with Gasteiger partial charge in [-0.3, -0.25) is 0 Å². The average Bonchev–Trinajstić information content (AvgIpc) is 2.97. The van der Waals surface area contributed by atoms with Crippen LogP contribution in [0.15, 0.2) is 30.6 Å². The third-order valence-electron chi connectivity index (χ3n) is 4.96. The van der Waals surface area contributed by atoms with Crippen LogP contribution in [-0.2, 0) is 26.1 Å². The minimum atomic E-state index is 0.732. The number of benzene rings is 1. The molecule has 1 aliphatic rings. The van der Waals surface area contributed by atoms with Crippen LogP contribution in [0.3, 0.4) is 0 Å². The maximum Gasteiger partial charge on any atom is 0.136 e. The predicted octanol–water partition coefficient (Wildman–Crippen LogP) is 2.47. The average molecular weight is 336 g/mol. The largest absolute Gasteiger partial charge is 0.352 e. The van der Waals surface area contributed by atoms with Crippen molar-refractivity contribution in [2.75, 3.05) is 25.5 Å². The highest BCUT2D eigenvalue weighted by Crippen LogP contribution is 2.26. The Hall–Kier alpha value is -2.47. The number of fused-ring (bicyclic) bond motifs is 2. The molecule has 6 heteroatoms. The maximum absolute atomic E-state index is 4.84. The molecule has 2 aromatic heterocycles. The molecule has 0 saturated carbocycles. The Bertz CT molecular complexity index is 900. The van der Waals surface area contributed by atoms with Gasteiger partial charge in [-0.25, -0.2) is 15.0 Å². The van der Waals surface area contributed by atoms with Crippen molar-refractivity contribution in [3.63, 3.8) is 0 Å². The molecule has 6 nitrogen and oxygen atoms in total. The van der Waals surface area contributed by atoms with Crippen molar-refractivity contribution in [1.82, 2.24) is 24.4 Å². The van der Waals surface area contributed by atoms with Crippen molar-refractivity contribution in [1.29, 1.82) is 0 Å². The van der Waals surface area contributed by atoms with Crippen LogP contribution in [0.25, 0.3) is 11.0 Å². The SMILES string of the molecule is CCn1c(CN(C)c2ncnc3c2CN(C)CC3)nc2ccccc21. The van der Waals surface area contributed by atoms with Gasteiger partial charge in [0, 0.05) is 38.7 Å². The molecule has 130 valence electrons. The fraction of sp³-hybridized carbons (Fsp3) is 0.421. The van der Waals surface area contributed by atoms with Crippen molar-refractivity contribution in [3.8, 4) is 0 Å². The molecule has 0 unspecified atom stereocenters. The molecule has 1 aromatic carbocycles. The summed E-state index contributed by atoms with van der Waals surface area (Å²) < 4.78 is 2.28. The van der Waals surface area contributed by atoms with Crippen LogP contribution >= 0.6 is 0 Å².